The molecule has 28 heavy (non-hydrogen) atoms. The number of amides is 2. The van der Waals surface area contributed by atoms with Gasteiger partial charge in [-0.3, -0.25) is 14.4 Å². The molecule has 144 valence electrons. The van der Waals surface area contributed by atoms with Gasteiger partial charge in [0, 0.05) is 42.7 Å². The first-order valence-corrected chi connectivity index (χ1v) is 9.99. The number of rotatable bonds is 5. The van der Waals surface area contributed by atoms with Crippen molar-refractivity contribution < 1.29 is 14.4 Å². The molecule has 1 aliphatic carbocycles. The first kappa shape index (κ1) is 18.4. The van der Waals surface area contributed by atoms with E-state index in [2.05, 4.69) is 5.32 Å². The van der Waals surface area contributed by atoms with Crippen LogP contribution in [-0.2, 0) is 4.79 Å². The highest BCUT2D eigenvalue weighted by Crippen LogP contribution is 2.36. The molecule has 2 amide bonds. The van der Waals surface area contributed by atoms with Crippen LogP contribution in [0.4, 0.5) is 0 Å². The lowest BCUT2D eigenvalue weighted by Gasteiger charge is -2.20. The fourth-order valence-corrected chi connectivity index (χ4v) is 4.02. The summed E-state index contributed by atoms with van der Waals surface area (Å²) < 4.78 is 0. The molecule has 5 heteroatoms. The zero-order valence-electron chi connectivity index (χ0n) is 15.9. The second-order valence-electron chi connectivity index (χ2n) is 7.44. The molecule has 2 aromatic rings. The van der Waals surface area contributed by atoms with Crippen LogP contribution in [0.15, 0.2) is 42.5 Å². The first-order valence-electron chi connectivity index (χ1n) is 9.99. The third-order valence-corrected chi connectivity index (χ3v) is 5.55. The second kappa shape index (κ2) is 7.97. The second-order valence-corrected chi connectivity index (χ2v) is 7.44. The van der Waals surface area contributed by atoms with Crippen molar-refractivity contribution in [3.63, 3.8) is 0 Å². The van der Waals surface area contributed by atoms with Crippen LogP contribution in [-0.4, -0.2) is 42.1 Å². The van der Waals surface area contributed by atoms with Gasteiger partial charge in [0.1, 0.15) is 0 Å². The number of fused-ring (bicyclic) bond motifs is 3. The summed E-state index contributed by atoms with van der Waals surface area (Å²) in [5, 5.41) is 2.91. The Balaban J connectivity index is 1.35. The molecule has 1 aliphatic heterocycles. The number of hydrogen-bond donors (Lipinski definition) is 1. The number of nitrogens with one attached hydrogen (secondary N) is 1. The van der Waals surface area contributed by atoms with E-state index in [4.69, 9.17) is 0 Å². The Morgan fingerprint density at radius 3 is 2.57 bits per heavy atom. The van der Waals surface area contributed by atoms with Gasteiger partial charge >= 0.3 is 0 Å². The van der Waals surface area contributed by atoms with Gasteiger partial charge in [-0.25, -0.2) is 0 Å². The predicted octanol–water partition coefficient (Wildman–Crippen LogP) is 3.42. The highest BCUT2D eigenvalue weighted by molar-refractivity contribution is 6.22. The Kier molecular flexibility index (Phi) is 5.24. The van der Waals surface area contributed by atoms with Gasteiger partial charge in [-0.2, -0.15) is 0 Å². The van der Waals surface area contributed by atoms with E-state index in [0.717, 1.165) is 43.4 Å². The maximum atomic E-state index is 12.6. The van der Waals surface area contributed by atoms with E-state index in [1.807, 2.05) is 35.2 Å². The van der Waals surface area contributed by atoms with Gasteiger partial charge in [0.05, 0.1) is 0 Å². The molecule has 1 fully saturated rings. The van der Waals surface area contributed by atoms with Gasteiger partial charge in [-0.05, 0) is 42.5 Å². The van der Waals surface area contributed by atoms with Crippen LogP contribution in [0.2, 0.25) is 0 Å². The maximum Gasteiger partial charge on any atom is 0.251 e. The molecule has 0 unspecified atom stereocenters. The Labute approximate surface area is 164 Å². The number of carbonyl (C=O) groups is 3. The highest BCUT2D eigenvalue weighted by atomic mass is 16.2. The summed E-state index contributed by atoms with van der Waals surface area (Å²) in [6.07, 6.45) is 4.52. The van der Waals surface area contributed by atoms with E-state index in [1.54, 1.807) is 12.1 Å². The van der Waals surface area contributed by atoms with E-state index in [-0.39, 0.29) is 17.6 Å². The quantitative estimate of drug-likeness (QED) is 0.694. The van der Waals surface area contributed by atoms with Crippen LogP contribution >= 0.6 is 0 Å². The number of hydrogen-bond acceptors (Lipinski definition) is 3. The molecule has 0 aromatic heterocycles. The Morgan fingerprint density at radius 2 is 1.71 bits per heavy atom. The minimum absolute atomic E-state index is 0.0278. The Morgan fingerprint density at radius 1 is 0.929 bits per heavy atom. The van der Waals surface area contributed by atoms with Crippen molar-refractivity contribution >= 4 is 17.6 Å². The molecule has 1 N–H and O–H groups in total. The fraction of sp³-hybridized carbons (Fsp3) is 0.348. The summed E-state index contributed by atoms with van der Waals surface area (Å²) in [6.45, 7) is 2.01. The van der Waals surface area contributed by atoms with Crippen molar-refractivity contribution in [2.75, 3.05) is 19.6 Å². The summed E-state index contributed by atoms with van der Waals surface area (Å²) >= 11 is 0. The number of ketones is 1. The average Bonchev–Trinajstić information content (AvgIpc) is 2.85. The summed E-state index contributed by atoms with van der Waals surface area (Å²) in [5.74, 6) is 0.00852. The molecular formula is C23H24N2O3. The van der Waals surface area contributed by atoms with E-state index in [9.17, 15) is 14.4 Å². The Hall–Kier alpha value is -2.95. The fourth-order valence-electron chi connectivity index (χ4n) is 4.02. The average molecular weight is 376 g/mol. The van der Waals surface area contributed by atoms with Gasteiger partial charge in [-0.15, -0.1) is 0 Å². The number of likely N-dealkylation sites (tertiary alicyclic amines) is 1. The number of nitrogens with zero attached hydrogens (tertiary/aromatic N) is 1. The van der Waals surface area contributed by atoms with E-state index in [1.165, 1.54) is 0 Å². The largest absolute Gasteiger partial charge is 0.352 e. The van der Waals surface area contributed by atoms with Gasteiger partial charge < -0.3 is 10.2 Å². The molecule has 0 spiro atoms. The molecule has 0 radical (unpaired) electrons. The third-order valence-electron chi connectivity index (χ3n) is 5.55. The minimum Gasteiger partial charge on any atom is -0.352 e. The van der Waals surface area contributed by atoms with Crippen LogP contribution in [0.1, 0.15) is 58.4 Å². The molecule has 0 bridgehead atoms. The molecule has 1 heterocycles. The Bertz CT molecular complexity index is 935. The molecule has 0 atom stereocenters. The molecular weight excluding hydrogens is 352 g/mol. The number of carbonyl (C=O) groups excluding carboxylic acids is 3. The summed E-state index contributed by atoms with van der Waals surface area (Å²) in [5.41, 5.74) is 3.58. The molecule has 2 aliphatic rings. The zero-order valence-corrected chi connectivity index (χ0v) is 15.9. The lowest BCUT2D eigenvalue weighted by atomic mass is 10.0. The van der Waals surface area contributed by atoms with Crippen molar-refractivity contribution in [3.8, 4) is 11.1 Å². The third kappa shape index (κ3) is 3.57. The van der Waals surface area contributed by atoms with Crippen LogP contribution in [0, 0.1) is 0 Å². The maximum absolute atomic E-state index is 12.6. The van der Waals surface area contributed by atoms with Crippen molar-refractivity contribution in [3.05, 3.63) is 59.2 Å². The molecule has 5 nitrogen and oxygen atoms in total. The lowest BCUT2D eigenvalue weighted by Crippen LogP contribution is -2.34. The molecule has 0 saturated carbocycles. The standard InChI is InChI=1S/C23H24N2O3/c26-21-9-2-1-5-13-25(21)14-6-12-24-23(28)16-10-11-18-17-7-3-4-8-19(17)22(27)20(18)15-16/h3-4,7-8,10-11,15H,1-2,5-6,9,12-14H2,(H,24,28). The van der Waals surface area contributed by atoms with Crippen molar-refractivity contribution in [2.45, 2.75) is 32.1 Å². The van der Waals surface area contributed by atoms with Crippen molar-refractivity contribution in [1.82, 2.24) is 10.2 Å². The van der Waals surface area contributed by atoms with Gasteiger partial charge in [0.15, 0.2) is 5.78 Å². The van der Waals surface area contributed by atoms with Crippen LogP contribution in [0.3, 0.4) is 0 Å². The van der Waals surface area contributed by atoms with Crippen LogP contribution in [0.25, 0.3) is 11.1 Å². The summed E-state index contributed by atoms with van der Waals surface area (Å²) in [4.78, 5) is 39.0. The van der Waals surface area contributed by atoms with E-state index >= 15 is 0 Å². The topological polar surface area (TPSA) is 66.5 Å². The van der Waals surface area contributed by atoms with Crippen molar-refractivity contribution in [1.29, 1.82) is 0 Å². The smallest absolute Gasteiger partial charge is 0.251 e. The van der Waals surface area contributed by atoms with Crippen molar-refractivity contribution in [2.24, 2.45) is 0 Å². The SMILES string of the molecule is O=C(NCCCN1CCCCCC1=O)c1ccc2c(c1)C(=O)c1ccccc1-2. The van der Waals surface area contributed by atoms with E-state index < -0.39 is 0 Å². The highest BCUT2D eigenvalue weighted by Gasteiger charge is 2.27. The van der Waals surface area contributed by atoms with Crippen LogP contribution < -0.4 is 5.32 Å². The summed E-state index contributed by atoms with van der Waals surface area (Å²) in [6, 6.07) is 12.8. The predicted molar refractivity (Wildman–Crippen MR) is 107 cm³/mol. The molecule has 1 saturated heterocycles. The lowest BCUT2D eigenvalue weighted by molar-refractivity contribution is -0.130. The zero-order chi connectivity index (χ0) is 19.5. The molecule has 2 aromatic carbocycles. The van der Waals surface area contributed by atoms with Crippen LogP contribution in [0.5, 0.6) is 0 Å². The normalized spacial score (nSPS) is 15.8. The van der Waals surface area contributed by atoms with Gasteiger partial charge in [-0.1, -0.05) is 36.8 Å². The van der Waals surface area contributed by atoms with Gasteiger partial charge in [0.25, 0.3) is 5.91 Å². The minimum atomic E-state index is -0.186. The molecule has 4 rings (SSSR count). The van der Waals surface area contributed by atoms with E-state index in [0.29, 0.717) is 36.2 Å². The summed E-state index contributed by atoms with van der Waals surface area (Å²) in [7, 11) is 0. The first-order chi connectivity index (χ1) is 13.6. The number of benzene rings is 2. The van der Waals surface area contributed by atoms with Gasteiger partial charge in [0.2, 0.25) is 5.91 Å². The monoisotopic (exact) mass is 376 g/mol.